The lowest BCUT2D eigenvalue weighted by Crippen LogP contribution is -2.54. The third-order valence-electron chi connectivity index (χ3n) is 14.9. The molecule has 0 unspecified atom stereocenters. The minimum Gasteiger partial charge on any atom is -0.368 e. The number of likely N-dealkylation sites (N-methyl/N-ethyl adjacent to an activating group) is 1. The predicted octanol–water partition coefficient (Wildman–Crippen LogP) is 4.21. The van der Waals surface area contributed by atoms with Crippen molar-refractivity contribution in [3.8, 4) is 0 Å². The third kappa shape index (κ3) is 29.9. The molecule has 0 aliphatic carbocycles. The SMILES string of the molecule is CCCCCCCCCCCCCCCCCCCC(=O)N[C@@H](CCS(=O)(=O)O)C(=O)N[C@@H](CCS(=O)(=O)O)C(=O)NCCCC[C@H](C)C(=O)N1CCN(c2ccc3ncn(CC(=O)N[C@@H](CCCNC(N)=O)C(=O)NC)c(=O)c3c2)CC1. The number of fused-ring (bicyclic) bond motifs is 1. The highest BCUT2D eigenvalue weighted by Gasteiger charge is 2.30. The highest BCUT2D eigenvalue weighted by atomic mass is 32.2. The van der Waals surface area contributed by atoms with Crippen molar-refractivity contribution in [2.75, 3.05) is 62.7 Å². The van der Waals surface area contributed by atoms with Crippen molar-refractivity contribution in [1.82, 2.24) is 46.4 Å². The molecule has 1 aliphatic rings. The first-order valence-corrected chi connectivity index (χ1v) is 33.1. The van der Waals surface area contributed by atoms with Gasteiger partial charge in [-0.25, -0.2) is 9.78 Å². The highest BCUT2D eigenvalue weighted by Crippen LogP contribution is 2.22. The molecule has 0 radical (unpaired) electrons. The summed E-state index contributed by atoms with van der Waals surface area (Å²) in [5.41, 5.74) is 5.76. The van der Waals surface area contributed by atoms with E-state index < -0.39 is 110 Å². The molecule has 2 heterocycles. The molecule has 4 atom stereocenters. The number of anilines is 1. The van der Waals surface area contributed by atoms with E-state index in [4.69, 9.17) is 5.73 Å². The van der Waals surface area contributed by atoms with Gasteiger partial charge < -0.3 is 47.4 Å². The number of nitrogens with one attached hydrogen (secondary N) is 6. The van der Waals surface area contributed by atoms with Crippen LogP contribution in [0.25, 0.3) is 10.9 Å². The van der Waals surface area contributed by atoms with E-state index in [2.05, 4.69) is 43.8 Å². The largest absolute Gasteiger partial charge is 0.368 e. The van der Waals surface area contributed by atoms with Gasteiger partial charge >= 0.3 is 6.03 Å². The fourth-order valence-electron chi connectivity index (χ4n) is 9.96. The maximum absolute atomic E-state index is 13.6. The van der Waals surface area contributed by atoms with E-state index >= 15 is 0 Å². The Balaban J connectivity index is 1.44. The van der Waals surface area contributed by atoms with Crippen LogP contribution in [0.1, 0.15) is 174 Å². The second-order valence-electron chi connectivity index (χ2n) is 21.8. The number of hydrogen-bond acceptors (Lipinski definition) is 14. The number of nitrogens with two attached hydrogens (primary N) is 1. The summed E-state index contributed by atoms with van der Waals surface area (Å²) in [7, 11) is -7.71. The fraction of sp³-hybridized carbons (Fsp3) is 0.732. The van der Waals surface area contributed by atoms with Crippen LogP contribution in [-0.4, -0.2) is 158 Å². The van der Waals surface area contributed by atoms with E-state index in [9.17, 15) is 64.3 Å². The minimum absolute atomic E-state index is 0.0555. The first-order valence-electron chi connectivity index (χ1n) is 29.9. The molecule has 1 aromatic carbocycles. The van der Waals surface area contributed by atoms with Gasteiger partial charge in [0.25, 0.3) is 25.8 Å². The zero-order valence-corrected chi connectivity index (χ0v) is 50.8. The van der Waals surface area contributed by atoms with Crippen LogP contribution in [0, 0.1) is 5.92 Å². The number of urea groups is 1. The van der Waals surface area contributed by atoms with Crippen molar-refractivity contribution in [3.63, 3.8) is 0 Å². The Hall–Kier alpha value is -5.93. The molecule has 8 amide bonds. The van der Waals surface area contributed by atoms with Crippen LogP contribution in [-0.2, 0) is 55.5 Å². The summed E-state index contributed by atoms with van der Waals surface area (Å²) in [5, 5.41) is 15.4. The standard InChI is InChI=1S/C56H95N11O14S2/c1-4-5-6-7-8-9-10-11-12-13-14-15-16-17-18-19-20-26-49(68)62-48(30-38-83(79,80)81)53(72)64-47(29-37-82(76,77)78)52(71)59-31-22-21-24-42(2)54(73)66-35-33-65(34-36-66)43-27-28-45-44(39-43)55(74)67(41-61-45)40-50(69)63-46(51(70)58-3)25-23-32-60-56(57)75/h27-28,39,41-42,46-48H,4-26,29-38,40H2,1-3H3,(H,58,70)(H,59,71)(H,62,68)(H,63,69)(H,64,72)(H3,57,60,75)(H,76,77,78)(H,79,80,81)/t42-,46-,47-,48-/m0/s1. The van der Waals surface area contributed by atoms with E-state index in [1.165, 1.54) is 90.4 Å². The van der Waals surface area contributed by atoms with Gasteiger partial charge in [0, 0.05) is 64.3 Å². The van der Waals surface area contributed by atoms with Crippen LogP contribution in [0.3, 0.4) is 0 Å². The molecule has 1 aromatic heterocycles. The van der Waals surface area contributed by atoms with Gasteiger partial charge in [-0.05, 0) is 63.1 Å². The first kappa shape index (κ1) is 71.3. The Morgan fingerprint density at radius 3 is 1.67 bits per heavy atom. The topological polar surface area (TPSA) is 368 Å². The molecule has 470 valence electrons. The van der Waals surface area contributed by atoms with Gasteiger partial charge in [0.1, 0.15) is 24.7 Å². The van der Waals surface area contributed by atoms with Gasteiger partial charge in [-0.2, -0.15) is 16.8 Å². The van der Waals surface area contributed by atoms with Crippen molar-refractivity contribution in [2.45, 2.75) is 199 Å². The lowest BCUT2D eigenvalue weighted by atomic mass is 10.0. The lowest BCUT2D eigenvalue weighted by Gasteiger charge is -2.37. The Kier molecular flexibility index (Phi) is 33.4. The van der Waals surface area contributed by atoms with Gasteiger partial charge in [-0.15, -0.1) is 0 Å². The molecule has 25 nitrogen and oxygen atoms in total. The molecule has 1 aliphatic heterocycles. The smallest absolute Gasteiger partial charge is 0.312 e. The zero-order chi connectivity index (χ0) is 61.2. The van der Waals surface area contributed by atoms with Gasteiger partial charge in [-0.3, -0.25) is 47.2 Å². The summed E-state index contributed by atoms with van der Waals surface area (Å²) >= 11 is 0. The maximum atomic E-state index is 13.6. The van der Waals surface area contributed by atoms with E-state index in [-0.39, 0.29) is 43.1 Å². The Morgan fingerprint density at radius 2 is 1.13 bits per heavy atom. The number of carbonyl (C=O) groups is 7. The molecule has 1 saturated heterocycles. The zero-order valence-electron chi connectivity index (χ0n) is 49.1. The van der Waals surface area contributed by atoms with Crippen molar-refractivity contribution >= 4 is 78.3 Å². The number of rotatable bonds is 43. The number of benzene rings is 1. The Labute approximate surface area is 490 Å². The van der Waals surface area contributed by atoms with Crippen LogP contribution in [0.15, 0.2) is 29.3 Å². The average Bonchev–Trinajstić information content (AvgIpc) is 3.45. The second-order valence-corrected chi connectivity index (χ2v) is 24.9. The first-order chi connectivity index (χ1) is 39.5. The summed E-state index contributed by atoms with van der Waals surface area (Å²) in [4.78, 5) is 112. The number of amides is 8. The van der Waals surface area contributed by atoms with Crippen LogP contribution in [0.2, 0.25) is 0 Å². The monoisotopic (exact) mass is 1210 g/mol. The van der Waals surface area contributed by atoms with E-state index in [1.54, 1.807) is 24.0 Å². The van der Waals surface area contributed by atoms with Crippen LogP contribution in [0.5, 0.6) is 0 Å². The van der Waals surface area contributed by atoms with Crippen molar-refractivity contribution in [1.29, 1.82) is 0 Å². The second kappa shape index (κ2) is 38.8. The summed E-state index contributed by atoms with van der Waals surface area (Å²) in [5.74, 6) is -5.56. The van der Waals surface area contributed by atoms with Gasteiger partial charge in [-0.1, -0.05) is 123 Å². The predicted molar refractivity (Wildman–Crippen MR) is 318 cm³/mol. The van der Waals surface area contributed by atoms with E-state index in [1.807, 2.05) is 11.0 Å². The molecular formula is C56H95N11O14S2. The number of piperazine rings is 1. The van der Waals surface area contributed by atoms with Crippen LogP contribution < -0.4 is 48.1 Å². The van der Waals surface area contributed by atoms with Crippen LogP contribution in [0.4, 0.5) is 10.5 Å². The molecule has 27 heteroatoms. The summed E-state index contributed by atoms with van der Waals surface area (Å²) in [6, 6.07) is 0.599. The lowest BCUT2D eigenvalue weighted by molar-refractivity contribution is -0.135. The number of carbonyl (C=O) groups excluding carboxylic acids is 7. The summed E-state index contributed by atoms with van der Waals surface area (Å²) in [6.45, 7) is 5.64. The summed E-state index contributed by atoms with van der Waals surface area (Å²) in [6.07, 6.45) is 22.1. The van der Waals surface area contributed by atoms with Crippen molar-refractivity contribution in [2.24, 2.45) is 11.7 Å². The minimum atomic E-state index is -4.58. The van der Waals surface area contributed by atoms with E-state index in [0.717, 1.165) is 35.9 Å². The third-order valence-corrected chi connectivity index (χ3v) is 16.4. The molecular weight excluding hydrogens is 1110 g/mol. The fourth-order valence-corrected chi connectivity index (χ4v) is 11.0. The quantitative estimate of drug-likeness (QED) is 0.0332. The number of hydrogen-bond donors (Lipinski definition) is 9. The molecule has 0 spiro atoms. The van der Waals surface area contributed by atoms with Gasteiger partial charge in [0.05, 0.1) is 28.7 Å². The molecule has 2 aromatic rings. The van der Waals surface area contributed by atoms with Crippen LogP contribution >= 0.6 is 0 Å². The highest BCUT2D eigenvalue weighted by molar-refractivity contribution is 7.86. The van der Waals surface area contributed by atoms with E-state index in [0.29, 0.717) is 63.8 Å². The molecule has 83 heavy (non-hydrogen) atoms. The Morgan fingerprint density at radius 1 is 0.614 bits per heavy atom. The van der Waals surface area contributed by atoms with Gasteiger partial charge in [0.2, 0.25) is 35.4 Å². The normalized spacial score (nSPS) is 14.3. The molecule has 0 bridgehead atoms. The number of nitrogens with zero attached hydrogens (tertiary/aromatic N) is 4. The molecule has 3 rings (SSSR count). The summed E-state index contributed by atoms with van der Waals surface area (Å²) < 4.78 is 66.8. The number of primary amides is 1. The number of unbranched alkanes of at least 4 members (excludes halogenated alkanes) is 17. The molecule has 1 fully saturated rings. The average molecular weight is 1210 g/mol. The van der Waals surface area contributed by atoms with Crippen molar-refractivity contribution < 1.29 is 59.5 Å². The molecule has 10 N–H and O–H groups in total. The molecule has 0 saturated carbocycles. The maximum Gasteiger partial charge on any atom is 0.312 e. The van der Waals surface area contributed by atoms with Crippen molar-refractivity contribution in [3.05, 3.63) is 34.9 Å². The number of aromatic nitrogens is 2. The van der Waals surface area contributed by atoms with Gasteiger partial charge in [0.15, 0.2) is 0 Å². The Bertz CT molecular complexity index is 2650.